The van der Waals surface area contributed by atoms with Gasteiger partial charge < -0.3 is 21.1 Å². The standard InChI is InChI=1S/C26H28F3N5O3/c1-15-10-18-11-17(2-5-21(18)33-24(15)31)25(36)34(14-20-4-3-19(13-32-20)26(27,28)29)22(12-23(30)35)16-6-8-37-9-7-16/h2-5,10-11,13,16,22H,6-9,12,14H2,1H3,(H2,30,35)(H2,31,33). The van der Waals surface area contributed by atoms with Crippen LogP contribution in [-0.4, -0.2) is 45.9 Å². The van der Waals surface area contributed by atoms with Gasteiger partial charge in [0, 0.05) is 42.8 Å². The second-order valence-corrected chi connectivity index (χ2v) is 9.25. The van der Waals surface area contributed by atoms with Gasteiger partial charge in [-0.3, -0.25) is 14.6 Å². The summed E-state index contributed by atoms with van der Waals surface area (Å²) in [6.07, 6.45) is -2.66. The molecule has 1 aliphatic heterocycles. The lowest BCUT2D eigenvalue weighted by Crippen LogP contribution is -2.47. The van der Waals surface area contributed by atoms with Crippen LogP contribution in [-0.2, 0) is 22.3 Å². The van der Waals surface area contributed by atoms with Gasteiger partial charge in [-0.1, -0.05) is 0 Å². The zero-order chi connectivity index (χ0) is 26.7. The van der Waals surface area contributed by atoms with Crippen LogP contribution >= 0.6 is 0 Å². The van der Waals surface area contributed by atoms with Crippen molar-refractivity contribution in [3.8, 4) is 0 Å². The molecule has 11 heteroatoms. The second kappa shape index (κ2) is 10.7. The van der Waals surface area contributed by atoms with Crippen LogP contribution in [0.4, 0.5) is 19.0 Å². The lowest BCUT2D eigenvalue weighted by Gasteiger charge is -2.38. The van der Waals surface area contributed by atoms with Crippen molar-refractivity contribution in [2.75, 3.05) is 18.9 Å². The number of nitrogens with zero attached hydrogens (tertiary/aromatic N) is 3. The lowest BCUT2D eigenvalue weighted by atomic mass is 9.87. The van der Waals surface area contributed by atoms with Gasteiger partial charge in [0.1, 0.15) is 5.82 Å². The maximum absolute atomic E-state index is 13.9. The molecular formula is C26H28F3N5O3. The largest absolute Gasteiger partial charge is 0.417 e. The molecule has 1 unspecified atom stereocenters. The Balaban J connectivity index is 1.73. The van der Waals surface area contributed by atoms with E-state index in [0.717, 1.165) is 17.8 Å². The summed E-state index contributed by atoms with van der Waals surface area (Å²) >= 11 is 0. The van der Waals surface area contributed by atoms with E-state index < -0.39 is 29.6 Å². The van der Waals surface area contributed by atoms with Gasteiger partial charge in [0.25, 0.3) is 5.91 Å². The Bertz CT molecular complexity index is 1290. The highest BCUT2D eigenvalue weighted by Gasteiger charge is 2.35. The van der Waals surface area contributed by atoms with Gasteiger partial charge in [-0.15, -0.1) is 0 Å². The third-order valence-electron chi connectivity index (χ3n) is 6.66. The minimum absolute atomic E-state index is 0.0798. The molecule has 0 saturated carbocycles. The minimum Gasteiger partial charge on any atom is -0.383 e. The van der Waals surface area contributed by atoms with Gasteiger partial charge >= 0.3 is 6.18 Å². The Morgan fingerprint density at radius 3 is 2.51 bits per heavy atom. The Hall–Kier alpha value is -3.73. The maximum Gasteiger partial charge on any atom is 0.417 e. The first-order chi connectivity index (χ1) is 17.5. The molecule has 2 amide bonds. The van der Waals surface area contributed by atoms with Gasteiger partial charge in [-0.05, 0) is 67.6 Å². The quantitative estimate of drug-likeness (QED) is 0.493. The molecule has 1 fully saturated rings. The molecule has 1 atom stereocenters. The Labute approximate surface area is 211 Å². The molecule has 1 aromatic carbocycles. The van der Waals surface area contributed by atoms with Crippen LogP contribution in [0.5, 0.6) is 0 Å². The average molecular weight is 516 g/mol. The highest BCUT2D eigenvalue weighted by Crippen LogP contribution is 2.31. The summed E-state index contributed by atoms with van der Waals surface area (Å²) in [4.78, 5) is 35.8. The number of pyridine rings is 2. The molecule has 0 spiro atoms. The number of anilines is 1. The van der Waals surface area contributed by atoms with Gasteiger partial charge in [0.05, 0.1) is 23.3 Å². The lowest BCUT2D eigenvalue weighted by molar-refractivity contribution is -0.137. The number of amides is 2. The number of benzene rings is 1. The molecule has 2 aromatic heterocycles. The van der Waals surface area contributed by atoms with E-state index in [1.165, 1.54) is 11.0 Å². The number of halogens is 3. The Morgan fingerprint density at radius 1 is 1.16 bits per heavy atom. The molecule has 0 aliphatic carbocycles. The number of hydrogen-bond donors (Lipinski definition) is 2. The van der Waals surface area contributed by atoms with E-state index in [1.54, 1.807) is 18.2 Å². The van der Waals surface area contributed by atoms with Crippen LogP contribution in [0, 0.1) is 12.8 Å². The SMILES string of the molecule is Cc1cc2cc(C(=O)N(Cc3ccc(C(F)(F)F)cn3)C(CC(N)=O)C3CCOCC3)ccc2nc1N. The Morgan fingerprint density at radius 2 is 1.89 bits per heavy atom. The topological polar surface area (TPSA) is 124 Å². The first-order valence-corrected chi connectivity index (χ1v) is 11.9. The molecule has 4 N–H and O–H groups in total. The van der Waals surface area contributed by atoms with Gasteiger partial charge in [0.15, 0.2) is 0 Å². The smallest absolute Gasteiger partial charge is 0.383 e. The van der Waals surface area contributed by atoms with Crippen LogP contribution in [0.15, 0.2) is 42.6 Å². The number of aromatic nitrogens is 2. The fraction of sp³-hybridized carbons (Fsp3) is 0.385. The van der Waals surface area contributed by atoms with Gasteiger partial charge in [-0.2, -0.15) is 13.2 Å². The average Bonchev–Trinajstić information content (AvgIpc) is 2.86. The van der Waals surface area contributed by atoms with Crippen LogP contribution in [0.3, 0.4) is 0 Å². The van der Waals surface area contributed by atoms with Crippen molar-refractivity contribution in [3.05, 3.63) is 65.0 Å². The number of aryl methyl sites for hydroxylation is 1. The van der Waals surface area contributed by atoms with E-state index in [2.05, 4.69) is 9.97 Å². The zero-order valence-corrected chi connectivity index (χ0v) is 20.3. The molecule has 4 rings (SSSR count). The first kappa shape index (κ1) is 26.3. The highest BCUT2D eigenvalue weighted by atomic mass is 19.4. The first-order valence-electron chi connectivity index (χ1n) is 11.9. The zero-order valence-electron chi connectivity index (χ0n) is 20.3. The number of ether oxygens (including phenoxy) is 1. The van der Waals surface area contributed by atoms with E-state index in [-0.39, 0.29) is 24.6 Å². The second-order valence-electron chi connectivity index (χ2n) is 9.25. The summed E-state index contributed by atoms with van der Waals surface area (Å²) in [7, 11) is 0. The number of carbonyl (C=O) groups excluding carboxylic acids is 2. The van der Waals surface area contributed by atoms with Crippen molar-refractivity contribution >= 4 is 28.5 Å². The number of carbonyl (C=O) groups is 2. The third-order valence-corrected chi connectivity index (χ3v) is 6.66. The van der Waals surface area contributed by atoms with Crippen molar-refractivity contribution in [3.63, 3.8) is 0 Å². The monoisotopic (exact) mass is 515 g/mol. The van der Waals surface area contributed by atoms with Crippen molar-refractivity contribution in [2.45, 2.75) is 44.9 Å². The van der Waals surface area contributed by atoms with E-state index in [9.17, 15) is 22.8 Å². The summed E-state index contributed by atoms with van der Waals surface area (Å²) in [5.74, 6) is -0.661. The van der Waals surface area contributed by atoms with Crippen LogP contribution < -0.4 is 11.5 Å². The molecule has 3 heterocycles. The number of primary amides is 1. The summed E-state index contributed by atoms with van der Waals surface area (Å²) in [5.41, 5.74) is 12.6. The van der Waals surface area contributed by atoms with Crippen molar-refractivity contribution in [1.82, 2.24) is 14.9 Å². The predicted octanol–water partition coefficient (Wildman–Crippen LogP) is 3.85. The predicted molar refractivity (Wildman–Crippen MR) is 131 cm³/mol. The van der Waals surface area contributed by atoms with E-state index in [4.69, 9.17) is 16.2 Å². The van der Waals surface area contributed by atoms with Crippen molar-refractivity contribution < 1.29 is 27.5 Å². The van der Waals surface area contributed by atoms with Crippen LogP contribution in [0.25, 0.3) is 10.9 Å². The molecule has 1 aliphatic rings. The molecule has 0 bridgehead atoms. The van der Waals surface area contributed by atoms with Crippen LogP contribution in [0.1, 0.15) is 46.4 Å². The fourth-order valence-corrected chi connectivity index (χ4v) is 4.63. The maximum atomic E-state index is 13.9. The number of fused-ring (bicyclic) bond motifs is 1. The number of rotatable bonds is 7. The van der Waals surface area contributed by atoms with Crippen LogP contribution in [0.2, 0.25) is 0 Å². The number of hydrogen-bond acceptors (Lipinski definition) is 6. The molecule has 0 radical (unpaired) electrons. The van der Waals surface area contributed by atoms with E-state index in [1.807, 2.05) is 13.0 Å². The summed E-state index contributed by atoms with van der Waals surface area (Å²) in [5, 5.41) is 0.711. The minimum atomic E-state index is -4.53. The third kappa shape index (κ3) is 6.16. The molecule has 3 aromatic rings. The number of nitrogen functional groups attached to an aromatic ring is 1. The van der Waals surface area contributed by atoms with E-state index in [0.29, 0.717) is 48.3 Å². The number of alkyl halides is 3. The highest BCUT2D eigenvalue weighted by molar-refractivity contribution is 5.98. The normalized spacial score (nSPS) is 15.5. The van der Waals surface area contributed by atoms with Crippen molar-refractivity contribution in [2.24, 2.45) is 11.7 Å². The summed E-state index contributed by atoms with van der Waals surface area (Å²) < 4.78 is 44.6. The van der Waals surface area contributed by atoms with Gasteiger partial charge in [0.2, 0.25) is 5.91 Å². The van der Waals surface area contributed by atoms with Gasteiger partial charge in [-0.25, -0.2) is 4.98 Å². The summed E-state index contributed by atoms with van der Waals surface area (Å²) in [6, 6.07) is 8.41. The number of nitrogens with two attached hydrogens (primary N) is 2. The molecule has 1 saturated heterocycles. The Kier molecular flexibility index (Phi) is 7.63. The molecule has 37 heavy (non-hydrogen) atoms. The molecule has 8 nitrogen and oxygen atoms in total. The molecule has 196 valence electrons. The fourth-order valence-electron chi connectivity index (χ4n) is 4.63. The summed E-state index contributed by atoms with van der Waals surface area (Å²) in [6.45, 7) is 2.67. The van der Waals surface area contributed by atoms with Crippen molar-refractivity contribution in [1.29, 1.82) is 0 Å². The molecular weight excluding hydrogens is 487 g/mol. The van der Waals surface area contributed by atoms with E-state index >= 15 is 0 Å².